The molecular formula is C21H20N4O2S. The first-order chi connectivity index (χ1) is 13.6. The fraction of sp³-hybridized carbons (Fsp3) is 0.238. The second kappa shape index (κ2) is 7.59. The van der Waals surface area contributed by atoms with Gasteiger partial charge in [-0.2, -0.15) is 4.98 Å². The zero-order valence-corrected chi connectivity index (χ0v) is 16.8. The average Bonchev–Trinajstić information content (AvgIpc) is 3.17. The van der Waals surface area contributed by atoms with Gasteiger partial charge in [0.2, 0.25) is 5.89 Å². The molecule has 28 heavy (non-hydrogen) atoms. The van der Waals surface area contributed by atoms with E-state index in [1.54, 1.807) is 4.57 Å². The van der Waals surface area contributed by atoms with Crippen molar-refractivity contribution in [3.8, 4) is 5.69 Å². The van der Waals surface area contributed by atoms with Crippen LogP contribution in [0, 0.1) is 13.8 Å². The van der Waals surface area contributed by atoms with Crippen molar-refractivity contribution in [1.82, 2.24) is 19.7 Å². The molecule has 2 heterocycles. The summed E-state index contributed by atoms with van der Waals surface area (Å²) in [6, 6.07) is 13.4. The predicted octanol–water partition coefficient (Wildman–Crippen LogP) is 4.24. The lowest BCUT2D eigenvalue weighted by Gasteiger charge is -2.15. The minimum atomic E-state index is -0.0819. The molecule has 0 saturated carbocycles. The van der Waals surface area contributed by atoms with Crippen molar-refractivity contribution in [3.63, 3.8) is 0 Å². The van der Waals surface area contributed by atoms with E-state index in [0.29, 0.717) is 33.5 Å². The van der Waals surface area contributed by atoms with Gasteiger partial charge in [0.25, 0.3) is 5.56 Å². The first-order valence-electron chi connectivity index (χ1n) is 9.11. The molecule has 6 nitrogen and oxygen atoms in total. The van der Waals surface area contributed by atoms with Crippen molar-refractivity contribution in [2.75, 3.05) is 0 Å². The normalized spacial score (nSPS) is 11.2. The van der Waals surface area contributed by atoms with Crippen LogP contribution in [0.4, 0.5) is 0 Å². The minimum absolute atomic E-state index is 0.0819. The Labute approximate surface area is 166 Å². The molecule has 2 aromatic carbocycles. The van der Waals surface area contributed by atoms with Gasteiger partial charge in [-0.05, 0) is 43.2 Å². The van der Waals surface area contributed by atoms with Gasteiger partial charge in [0.05, 0.1) is 22.3 Å². The molecule has 0 atom stereocenters. The molecule has 4 aromatic rings. The van der Waals surface area contributed by atoms with Gasteiger partial charge in [0, 0.05) is 6.42 Å². The molecule has 0 unspecified atom stereocenters. The lowest BCUT2D eigenvalue weighted by atomic mass is 10.1. The van der Waals surface area contributed by atoms with Crippen molar-refractivity contribution >= 4 is 22.7 Å². The van der Waals surface area contributed by atoms with Crippen LogP contribution in [0.1, 0.15) is 29.8 Å². The highest BCUT2D eigenvalue weighted by Crippen LogP contribution is 2.26. The van der Waals surface area contributed by atoms with Crippen LogP contribution in [0.5, 0.6) is 0 Å². The van der Waals surface area contributed by atoms with E-state index in [4.69, 9.17) is 9.51 Å². The Morgan fingerprint density at radius 2 is 1.89 bits per heavy atom. The summed E-state index contributed by atoms with van der Waals surface area (Å²) in [5.74, 6) is 1.65. The Balaban J connectivity index is 1.86. The summed E-state index contributed by atoms with van der Waals surface area (Å²) in [6.07, 6.45) is 0.718. The first-order valence-corrected chi connectivity index (χ1v) is 10.1. The van der Waals surface area contributed by atoms with Crippen LogP contribution in [0.3, 0.4) is 0 Å². The van der Waals surface area contributed by atoms with Crippen molar-refractivity contribution in [2.45, 2.75) is 38.1 Å². The zero-order chi connectivity index (χ0) is 19.7. The lowest BCUT2D eigenvalue weighted by molar-refractivity contribution is 0.385. The van der Waals surface area contributed by atoms with E-state index in [0.717, 1.165) is 23.2 Å². The topological polar surface area (TPSA) is 73.8 Å². The monoisotopic (exact) mass is 392 g/mol. The smallest absolute Gasteiger partial charge is 0.266 e. The zero-order valence-electron chi connectivity index (χ0n) is 16.0. The largest absolute Gasteiger partial charge is 0.338 e. The Morgan fingerprint density at radius 3 is 2.68 bits per heavy atom. The molecule has 0 bridgehead atoms. The Kier molecular flexibility index (Phi) is 5.00. The van der Waals surface area contributed by atoms with E-state index < -0.39 is 0 Å². The first kappa shape index (κ1) is 18.4. The van der Waals surface area contributed by atoms with Gasteiger partial charge in [-0.1, -0.05) is 48.1 Å². The lowest BCUT2D eigenvalue weighted by Crippen LogP contribution is -2.22. The van der Waals surface area contributed by atoms with Crippen molar-refractivity contribution < 1.29 is 4.52 Å². The molecule has 7 heteroatoms. The fourth-order valence-corrected chi connectivity index (χ4v) is 3.86. The van der Waals surface area contributed by atoms with Crippen molar-refractivity contribution in [1.29, 1.82) is 0 Å². The molecule has 0 amide bonds. The van der Waals surface area contributed by atoms with Gasteiger partial charge in [-0.25, -0.2) is 4.98 Å². The molecular weight excluding hydrogens is 372 g/mol. The number of hydrogen-bond acceptors (Lipinski definition) is 6. The third kappa shape index (κ3) is 3.33. The number of benzene rings is 2. The Hall–Kier alpha value is -2.93. The number of para-hydroxylation sites is 1. The maximum absolute atomic E-state index is 13.3. The van der Waals surface area contributed by atoms with Crippen molar-refractivity contribution in [2.24, 2.45) is 0 Å². The SMILES string of the molecule is CCc1noc(CSc2nc3ccccc3c(=O)n2-c2cccc(C)c2C)n1. The number of fused-ring (bicyclic) bond motifs is 1. The highest BCUT2D eigenvalue weighted by molar-refractivity contribution is 7.98. The number of aromatic nitrogens is 4. The molecule has 4 rings (SSSR count). The van der Waals surface area contributed by atoms with Crippen LogP contribution in [0.15, 0.2) is 56.9 Å². The van der Waals surface area contributed by atoms with E-state index in [9.17, 15) is 4.79 Å². The second-order valence-electron chi connectivity index (χ2n) is 6.52. The van der Waals surface area contributed by atoms with Gasteiger partial charge < -0.3 is 4.52 Å². The summed E-state index contributed by atoms with van der Waals surface area (Å²) in [5, 5.41) is 5.13. The maximum atomic E-state index is 13.3. The molecule has 142 valence electrons. The van der Waals surface area contributed by atoms with Crippen LogP contribution in [-0.2, 0) is 12.2 Å². The molecule has 0 aliphatic heterocycles. The van der Waals surface area contributed by atoms with E-state index in [1.807, 2.05) is 63.2 Å². The Bertz CT molecular complexity index is 1210. The number of nitrogens with zero attached hydrogens (tertiary/aromatic N) is 4. The fourth-order valence-electron chi connectivity index (χ4n) is 3.02. The molecule has 2 aromatic heterocycles. The number of thioether (sulfide) groups is 1. The summed E-state index contributed by atoms with van der Waals surface area (Å²) in [5.41, 5.74) is 3.61. The molecule has 0 spiro atoms. The van der Waals surface area contributed by atoms with Crippen LogP contribution in [-0.4, -0.2) is 19.7 Å². The van der Waals surface area contributed by atoms with Crippen LogP contribution in [0.2, 0.25) is 0 Å². The van der Waals surface area contributed by atoms with E-state index in [2.05, 4.69) is 10.1 Å². The maximum Gasteiger partial charge on any atom is 0.266 e. The quantitative estimate of drug-likeness (QED) is 0.374. The van der Waals surface area contributed by atoms with Crippen molar-refractivity contribution in [3.05, 3.63) is 75.7 Å². The molecule has 0 aliphatic rings. The summed E-state index contributed by atoms with van der Waals surface area (Å²) >= 11 is 1.42. The predicted molar refractivity (Wildman–Crippen MR) is 110 cm³/mol. The summed E-state index contributed by atoms with van der Waals surface area (Å²) in [4.78, 5) is 22.4. The second-order valence-corrected chi connectivity index (χ2v) is 7.46. The molecule has 0 aliphatic carbocycles. The standard InChI is InChI=1S/C21H20N4O2S/c1-4-18-23-19(27-24-18)12-28-21-22-16-10-6-5-9-15(16)20(26)25(21)17-11-7-8-13(2)14(17)3/h5-11H,4,12H2,1-3H3. The summed E-state index contributed by atoms with van der Waals surface area (Å²) in [6.45, 7) is 6.03. The molecule has 0 fully saturated rings. The number of rotatable bonds is 5. The highest BCUT2D eigenvalue weighted by Gasteiger charge is 2.16. The van der Waals surface area contributed by atoms with Gasteiger partial charge in [0.1, 0.15) is 0 Å². The average molecular weight is 392 g/mol. The molecule has 0 saturated heterocycles. The number of hydrogen-bond donors (Lipinski definition) is 0. The van der Waals surface area contributed by atoms with Gasteiger partial charge in [0.15, 0.2) is 11.0 Å². The summed E-state index contributed by atoms with van der Waals surface area (Å²) < 4.78 is 6.97. The van der Waals surface area contributed by atoms with E-state index >= 15 is 0 Å². The van der Waals surface area contributed by atoms with Crippen LogP contribution < -0.4 is 5.56 Å². The highest BCUT2D eigenvalue weighted by atomic mass is 32.2. The number of aryl methyl sites for hydroxylation is 2. The third-order valence-electron chi connectivity index (χ3n) is 4.71. The summed E-state index contributed by atoms with van der Waals surface area (Å²) in [7, 11) is 0. The van der Waals surface area contributed by atoms with Crippen LogP contribution >= 0.6 is 11.8 Å². The van der Waals surface area contributed by atoms with Gasteiger partial charge in [-0.3, -0.25) is 9.36 Å². The van der Waals surface area contributed by atoms with E-state index in [1.165, 1.54) is 11.8 Å². The minimum Gasteiger partial charge on any atom is -0.338 e. The third-order valence-corrected chi connectivity index (χ3v) is 5.64. The van der Waals surface area contributed by atoms with Crippen LogP contribution in [0.25, 0.3) is 16.6 Å². The molecule has 0 N–H and O–H groups in total. The molecule has 0 radical (unpaired) electrons. The Morgan fingerprint density at radius 1 is 1.07 bits per heavy atom. The van der Waals surface area contributed by atoms with Gasteiger partial charge >= 0.3 is 0 Å². The van der Waals surface area contributed by atoms with E-state index in [-0.39, 0.29) is 5.56 Å². The van der Waals surface area contributed by atoms with Gasteiger partial charge in [-0.15, -0.1) is 0 Å².